The third kappa shape index (κ3) is 3.61. The second-order valence-electron chi connectivity index (χ2n) is 5.07. The molecule has 0 spiro atoms. The fourth-order valence-corrected chi connectivity index (χ4v) is 2.79. The molecule has 1 heterocycles. The fourth-order valence-electron chi connectivity index (χ4n) is 2.34. The van der Waals surface area contributed by atoms with Gasteiger partial charge in [0.05, 0.1) is 0 Å². The van der Waals surface area contributed by atoms with Gasteiger partial charge in [0.2, 0.25) is 0 Å². The van der Waals surface area contributed by atoms with Crippen LogP contribution in [0.15, 0.2) is 34.8 Å². The van der Waals surface area contributed by atoms with Gasteiger partial charge in [0.25, 0.3) is 0 Å². The monoisotopic (exact) mass is 348 g/mol. The van der Waals surface area contributed by atoms with Crippen molar-refractivity contribution in [1.29, 1.82) is 0 Å². The van der Waals surface area contributed by atoms with Gasteiger partial charge in [-0.3, -0.25) is 0 Å². The highest BCUT2D eigenvalue weighted by atomic mass is 79.9. The molecule has 0 radical (unpaired) electrons. The van der Waals surface area contributed by atoms with Gasteiger partial charge in [0.1, 0.15) is 11.4 Å². The van der Waals surface area contributed by atoms with E-state index < -0.39 is 5.97 Å². The number of carboxylic acid groups (broad SMARTS) is 1. The number of anilines is 1. The second-order valence-corrected chi connectivity index (χ2v) is 5.99. The van der Waals surface area contributed by atoms with Gasteiger partial charge < -0.3 is 10.0 Å². The molecule has 0 amide bonds. The molecular weight excluding hydrogens is 332 g/mol. The van der Waals surface area contributed by atoms with Gasteiger partial charge in [-0.15, -0.1) is 0 Å². The van der Waals surface area contributed by atoms with Crippen LogP contribution >= 0.6 is 15.9 Å². The maximum atomic E-state index is 11.5. The molecule has 0 unspecified atom stereocenters. The lowest BCUT2D eigenvalue weighted by molar-refractivity contribution is 0.0696. The maximum absolute atomic E-state index is 11.5. The molecule has 110 valence electrons. The van der Waals surface area contributed by atoms with Gasteiger partial charge in [-0.2, -0.15) is 0 Å². The van der Waals surface area contributed by atoms with Crippen molar-refractivity contribution < 1.29 is 9.90 Å². The Labute approximate surface area is 132 Å². The summed E-state index contributed by atoms with van der Waals surface area (Å²) >= 11 is 3.44. The molecule has 2 rings (SSSR count). The van der Waals surface area contributed by atoms with E-state index in [1.165, 1.54) is 0 Å². The highest BCUT2D eigenvalue weighted by molar-refractivity contribution is 9.10. The van der Waals surface area contributed by atoms with Gasteiger partial charge in [0, 0.05) is 23.8 Å². The van der Waals surface area contributed by atoms with E-state index >= 15 is 0 Å². The van der Waals surface area contributed by atoms with Crippen LogP contribution in [0.2, 0.25) is 0 Å². The molecular formula is C16H17BrN2O2. The van der Waals surface area contributed by atoms with Gasteiger partial charge in [-0.05, 0) is 43.2 Å². The summed E-state index contributed by atoms with van der Waals surface area (Å²) in [4.78, 5) is 17.8. The molecule has 2 aromatic rings. The number of aromatic nitrogens is 1. The molecule has 0 saturated carbocycles. The van der Waals surface area contributed by atoms with Gasteiger partial charge >= 0.3 is 5.97 Å². The summed E-state index contributed by atoms with van der Waals surface area (Å²) in [6.45, 7) is 4.26. The SMILES string of the molecule is Cc1cc(C)c(C(=O)O)c(N(C)Cc2cccc(Br)c2)n1. The first-order chi connectivity index (χ1) is 9.88. The van der Waals surface area contributed by atoms with Crippen LogP contribution in [0, 0.1) is 13.8 Å². The highest BCUT2D eigenvalue weighted by Gasteiger charge is 2.18. The highest BCUT2D eigenvalue weighted by Crippen LogP contribution is 2.23. The maximum Gasteiger partial charge on any atom is 0.339 e. The zero-order chi connectivity index (χ0) is 15.6. The number of benzene rings is 1. The number of hydrogen-bond acceptors (Lipinski definition) is 3. The van der Waals surface area contributed by atoms with Crippen molar-refractivity contribution in [1.82, 2.24) is 4.98 Å². The van der Waals surface area contributed by atoms with E-state index in [1.807, 2.05) is 43.1 Å². The Hall–Kier alpha value is -1.88. The first-order valence-corrected chi connectivity index (χ1v) is 7.35. The third-order valence-electron chi connectivity index (χ3n) is 3.21. The molecule has 21 heavy (non-hydrogen) atoms. The number of nitrogens with zero attached hydrogens (tertiary/aromatic N) is 2. The summed E-state index contributed by atoms with van der Waals surface area (Å²) in [5.41, 5.74) is 2.89. The third-order valence-corrected chi connectivity index (χ3v) is 3.70. The van der Waals surface area contributed by atoms with Crippen LogP contribution in [0.4, 0.5) is 5.82 Å². The van der Waals surface area contributed by atoms with Crippen LogP contribution in [0.1, 0.15) is 27.2 Å². The van der Waals surface area contributed by atoms with E-state index in [1.54, 1.807) is 13.0 Å². The number of aromatic carboxylic acids is 1. The number of rotatable bonds is 4. The van der Waals surface area contributed by atoms with Gasteiger partial charge in [-0.1, -0.05) is 28.1 Å². The Kier molecular flexibility index (Phi) is 4.63. The average Bonchev–Trinajstić information content (AvgIpc) is 2.37. The number of pyridine rings is 1. The Morgan fingerprint density at radius 1 is 1.33 bits per heavy atom. The smallest absolute Gasteiger partial charge is 0.339 e. The molecule has 0 fully saturated rings. The van der Waals surface area contributed by atoms with Crippen LogP contribution in [0.5, 0.6) is 0 Å². The average molecular weight is 349 g/mol. The summed E-state index contributed by atoms with van der Waals surface area (Å²) in [6.07, 6.45) is 0. The zero-order valence-electron chi connectivity index (χ0n) is 12.2. The Bertz CT molecular complexity index is 686. The number of hydrogen-bond donors (Lipinski definition) is 1. The van der Waals surface area contributed by atoms with E-state index in [0.717, 1.165) is 21.3 Å². The van der Waals surface area contributed by atoms with E-state index in [4.69, 9.17) is 0 Å². The minimum Gasteiger partial charge on any atom is -0.478 e. The summed E-state index contributed by atoms with van der Waals surface area (Å²) in [6, 6.07) is 9.73. The number of aryl methyl sites for hydroxylation is 2. The molecule has 0 saturated heterocycles. The molecule has 0 aliphatic carbocycles. The van der Waals surface area contributed by atoms with Gasteiger partial charge in [-0.25, -0.2) is 9.78 Å². The normalized spacial score (nSPS) is 10.5. The lowest BCUT2D eigenvalue weighted by atomic mass is 10.1. The number of halogens is 1. The number of carbonyl (C=O) groups is 1. The molecule has 5 heteroatoms. The lowest BCUT2D eigenvalue weighted by Gasteiger charge is -2.22. The van der Waals surface area contributed by atoms with Crippen LogP contribution in [-0.4, -0.2) is 23.1 Å². The quantitative estimate of drug-likeness (QED) is 0.912. The lowest BCUT2D eigenvalue weighted by Crippen LogP contribution is -2.22. The van der Waals surface area contributed by atoms with E-state index in [2.05, 4.69) is 20.9 Å². The molecule has 4 nitrogen and oxygen atoms in total. The summed E-state index contributed by atoms with van der Waals surface area (Å²) in [7, 11) is 1.86. The van der Waals surface area contributed by atoms with Crippen molar-refractivity contribution in [2.24, 2.45) is 0 Å². The van der Waals surface area contributed by atoms with Crippen LogP contribution in [0.25, 0.3) is 0 Å². The topological polar surface area (TPSA) is 53.4 Å². The van der Waals surface area contributed by atoms with Gasteiger partial charge in [0.15, 0.2) is 0 Å². The van der Waals surface area contributed by atoms with Crippen molar-refractivity contribution >= 4 is 27.7 Å². The minimum atomic E-state index is -0.948. The van der Waals surface area contributed by atoms with Crippen LogP contribution in [-0.2, 0) is 6.54 Å². The second kappa shape index (κ2) is 6.26. The molecule has 1 aromatic heterocycles. The van der Waals surface area contributed by atoms with Crippen molar-refractivity contribution in [3.05, 3.63) is 57.2 Å². The first kappa shape index (κ1) is 15.5. The fraction of sp³-hybridized carbons (Fsp3) is 0.250. The zero-order valence-corrected chi connectivity index (χ0v) is 13.8. The van der Waals surface area contributed by atoms with Crippen LogP contribution in [0.3, 0.4) is 0 Å². The van der Waals surface area contributed by atoms with E-state index in [0.29, 0.717) is 12.4 Å². The summed E-state index contributed by atoms with van der Waals surface area (Å²) in [5, 5.41) is 9.42. The largest absolute Gasteiger partial charge is 0.478 e. The van der Waals surface area contributed by atoms with Crippen LogP contribution < -0.4 is 4.90 Å². The Morgan fingerprint density at radius 3 is 2.67 bits per heavy atom. The molecule has 0 aliphatic heterocycles. The predicted octanol–water partition coefficient (Wildman–Crippen LogP) is 3.80. The van der Waals surface area contributed by atoms with Crippen molar-refractivity contribution in [2.75, 3.05) is 11.9 Å². The van der Waals surface area contributed by atoms with E-state index in [-0.39, 0.29) is 5.56 Å². The molecule has 0 atom stereocenters. The molecule has 0 bridgehead atoms. The van der Waals surface area contributed by atoms with Crippen molar-refractivity contribution in [2.45, 2.75) is 20.4 Å². The Balaban J connectivity index is 2.39. The molecule has 1 N–H and O–H groups in total. The Morgan fingerprint density at radius 2 is 2.05 bits per heavy atom. The predicted molar refractivity (Wildman–Crippen MR) is 86.9 cm³/mol. The summed E-state index contributed by atoms with van der Waals surface area (Å²) in [5.74, 6) is -0.448. The minimum absolute atomic E-state index is 0.262. The number of carboxylic acids is 1. The van der Waals surface area contributed by atoms with Crippen molar-refractivity contribution in [3.63, 3.8) is 0 Å². The van der Waals surface area contributed by atoms with Crippen molar-refractivity contribution in [3.8, 4) is 0 Å². The molecule has 0 aliphatic rings. The molecule has 1 aromatic carbocycles. The van der Waals surface area contributed by atoms with E-state index in [9.17, 15) is 9.90 Å². The standard InChI is InChI=1S/C16H17BrN2O2/c1-10-7-11(2)18-15(14(10)16(20)21)19(3)9-12-5-4-6-13(17)8-12/h4-8H,9H2,1-3H3,(H,20,21). The first-order valence-electron chi connectivity index (χ1n) is 6.55. The summed E-state index contributed by atoms with van der Waals surface area (Å²) < 4.78 is 1.00.